The van der Waals surface area contributed by atoms with Crippen LogP contribution in [0.15, 0.2) is 29.0 Å². The van der Waals surface area contributed by atoms with E-state index in [9.17, 15) is 0 Å². The molecule has 2 nitrogen and oxygen atoms in total. The maximum atomic E-state index is 5.48. The lowest BCUT2D eigenvalue weighted by molar-refractivity contribution is 1.15. The Bertz CT molecular complexity index is 183. The van der Waals surface area contributed by atoms with Gasteiger partial charge in [0.25, 0.3) is 0 Å². The summed E-state index contributed by atoms with van der Waals surface area (Å²) in [6, 6.07) is 0. The predicted octanol–water partition coefficient (Wildman–Crippen LogP) is 1.84. The van der Waals surface area contributed by atoms with Gasteiger partial charge in [0, 0.05) is 11.4 Å². The zero-order chi connectivity index (χ0) is 8.15. The van der Waals surface area contributed by atoms with Crippen molar-refractivity contribution in [1.29, 1.82) is 0 Å². The molecule has 0 saturated carbocycles. The third kappa shape index (κ3) is 3.07. The van der Waals surface area contributed by atoms with Crippen LogP contribution in [0, 0.1) is 0 Å². The molecule has 0 saturated heterocycles. The maximum absolute atomic E-state index is 5.48. The van der Waals surface area contributed by atoms with Crippen molar-refractivity contribution >= 4 is 5.71 Å². The van der Waals surface area contributed by atoms with E-state index < -0.39 is 0 Å². The van der Waals surface area contributed by atoms with Gasteiger partial charge in [-0.25, -0.2) is 0 Å². The van der Waals surface area contributed by atoms with Crippen LogP contribution in [0.25, 0.3) is 0 Å². The zero-order valence-electron chi connectivity index (χ0n) is 6.81. The molecular weight excluding hydrogens is 124 g/mol. The third-order valence-corrected chi connectivity index (χ3v) is 1.21. The van der Waals surface area contributed by atoms with Crippen LogP contribution < -0.4 is 5.73 Å². The minimum absolute atomic E-state index is 0.751. The molecule has 0 atom stereocenters. The smallest absolute Gasteiger partial charge is 0.0559 e. The van der Waals surface area contributed by atoms with E-state index in [2.05, 4.69) is 11.6 Å². The summed E-state index contributed by atoms with van der Waals surface area (Å²) in [4.78, 5) is 4.15. The molecule has 0 rings (SSSR count). The van der Waals surface area contributed by atoms with Gasteiger partial charge in [-0.15, -0.1) is 0 Å². The van der Waals surface area contributed by atoms with Gasteiger partial charge in [0.1, 0.15) is 0 Å². The van der Waals surface area contributed by atoms with Crippen LogP contribution in [0.1, 0.15) is 20.8 Å². The topological polar surface area (TPSA) is 38.4 Å². The lowest BCUT2D eigenvalue weighted by atomic mass is 10.3. The lowest BCUT2D eigenvalue weighted by Gasteiger charge is -1.96. The molecular formula is C8H14N2. The zero-order valence-corrected chi connectivity index (χ0v) is 6.81. The number of nitrogens with two attached hydrogens (primary N) is 1. The van der Waals surface area contributed by atoms with Crippen LogP contribution >= 0.6 is 0 Å². The van der Waals surface area contributed by atoms with E-state index >= 15 is 0 Å². The van der Waals surface area contributed by atoms with E-state index in [0.717, 1.165) is 17.1 Å². The molecule has 0 aromatic heterocycles. The van der Waals surface area contributed by atoms with Crippen molar-refractivity contribution in [3.63, 3.8) is 0 Å². The van der Waals surface area contributed by atoms with Crippen molar-refractivity contribution in [2.24, 2.45) is 10.7 Å². The van der Waals surface area contributed by atoms with Crippen LogP contribution in [0.2, 0.25) is 0 Å². The largest absolute Gasteiger partial charge is 0.401 e. The second-order valence-corrected chi connectivity index (χ2v) is 2.23. The molecule has 0 aliphatic carbocycles. The van der Waals surface area contributed by atoms with Crippen molar-refractivity contribution in [3.05, 3.63) is 24.0 Å². The Kier molecular flexibility index (Phi) is 3.47. The second kappa shape index (κ2) is 3.88. The average molecular weight is 138 g/mol. The Morgan fingerprint density at radius 3 is 2.20 bits per heavy atom. The van der Waals surface area contributed by atoms with Gasteiger partial charge in [-0.3, -0.25) is 4.99 Å². The van der Waals surface area contributed by atoms with Gasteiger partial charge in [-0.2, -0.15) is 0 Å². The fraction of sp³-hybridized carbons (Fsp3) is 0.375. The molecule has 0 spiro atoms. The van der Waals surface area contributed by atoms with E-state index in [-0.39, 0.29) is 0 Å². The Balaban J connectivity index is 4.42. The molecule has 0 fully saturated rings. The fourth-order valence-corrected chi connectivity index (χ4v) is 0.398. The Morgan fingerprint density at radius 1 is 1.40 bits per heavy atom. The minimum atomic E-state index is 0.751. The standard InChI is InChI=1S/C8H14N2/c1-5-6(2)10-8(4)7(3)9/h5H,1,9H2,2-4H3/b8-7-,10-6?. The van der Waals surface area contributed by atoms with Crippen molar-refractivity contribution in [2.45, 2.75) is 20.8 Å². The van der Waals surface area contributed by atoms with Crippen molar-refractivity contribution in [1.82, 2.24) is 0 Å². The molecule has 0 radical (unpaired) electrons. The van der Waals surface area contributed by atoms with E-state index in [4.69, 9.17) is 5.73 Å². The maximum Gasteiger partial charge on any atom is 0.0559 e. The molecule has 0 bridgehead atoms. The summed E-state index contributed by atoms with van der Waals surface area (Å²) in [7, 11) is 0. The van der Waals surface area contributed by atoms with Crippen LogP contribution in [0.4, 0.5) is 0 Å². The summed E-state index contributed by atoms with van der Waals surface area (Å²) in [5.41, 5.74) is 7.98. The summed E-state index contributed by atoms with van der Waals surface area (Å²) in [5, 5.41) is 0. The molecule has 2 heteroatoms. The highest BCUT2D eigenvalue weighted by Gasteiger charge is 1.87. The minimum Gasteiger partial charge on any atom is -0.401 e. The highest BCUT2D eigenvalue weighted by atomic mass is 14.8. The summed E-state index contributed by atoms with van der Waals surface area (Å²) in [6.45, 7) is 9.17. The average Bonchev–Trinajstić information content (AvgIpc) is 1.87. The lowest BCUT2D eigenvalue weighted by Crippen LogP contribution is -1.95. The Labute approximate surface area is 62.1 Å². The monoisotopic (exact) mass is 138 g/mol. The first-order chi connectivity index (χ1) is 4.57. The summed E-state index contributed by atoms with van der Waals surface area (Å²) in [5.74, 6) is 0. The molecule has 0 aliphatic rings. The number of allylic oxidation sites excluding steroid dienone is 3. The van der Waals surface area contributed by atoms with Gasteiger partial charge in [-0.05, 0) is 26.8 Å². The number of hydrogen-bond acceptors (Lipinski definition) is 2. The highest BCUT2D eigenvalue weighted by molar-refractivity contribution is 5.92. The SMILES string of the molecule is C=CC(C)=N/C(C)=C(/C)N. The Morgan fingerprint density at radius 2 is 1.90 bits per heavy atom. The molecule has 0 unspecified atom stereocenters. The van der Waals surface area contributed by atoms with Gasteiger partial charge in [-0.1, -0.05) is 6.58 Å². The molecule has 0 aromatic carbocycles. The summed E-state index contributed by atoms with van der Waals surface area (Å²) >= 11 is 0. The Hall–Kier alpha value is -1.05. The van der Waals surface area contributed by atoms with Crippen LogP contribution in [-0.2, 0) is 0 Å². The first-order valence-corrected chi connectivity index (χ1v) is 3.18. The van der Waals surface area contributed by atoms with Crippen LogP contribution in [-0.4, -0.2) is 5.71 Å². The van der Waals surface area contributed by atoms with Gasteiger partial charge in [0.15, 0.2) is 0 Å². The van der Waals surface area contributed by atoms with Gasteiger partial charge < -0.3 is 5.73 Å². The number of hydrogen-bond donors (Lipinski definition) is 1. The van der Waals surface area contributed by atoms with Gasteiger partial charge in [0.2, 0.25) is 0 Å². The van der Waals surface area contributed by atoms with Gasteiger partial charge in [0.05, 0.1) is 5.70 Å². The molecule has 0 aliphatic heterocycles. The summed E-state index contributed by atoms with van der Waals surface area (Å²) in [6.07, 6.45) is 1.70. The first-order valence-electron chi connectivity index (χ1n) is 3.18. The van der Waals surface area contributed by atoms with Crippen molar-refractivity contribution < 1.29 is 0 Å². The predicted molar refractivity (Wildman–Crippen MR) is 45.9 cm³/mol. The van der Waals surface area contributed by atoms with E-state index in [1.807, 2.05) is 20.8 Å². The van der Waals surface area contributed by atoms with E-state index in [0.29, 0.717) is 0 Å². The first kappa shape index (κ1) is 8.95. The van der Waals surface area contributed by atoms with Crippen molar-refractivity contribution in [3.8, 4) is 0 Å². The molecule has 0 amide bonds. The second-order valence-electron chi connectivity index (χ2n) is 2.23. The molecule has 56 valence electrons. The fourth-order valence-electron chi connectivity index (χ4n) is 0.398. The molecule has 10 heavy (non-hydrogen) atoms. The molecule has 0 heterocycles. The quantitative estimate of drug-likeness (QED) is 0.581. The van der Waals surface area contributed by atoms with Crippen LogP contribution in [0.3, 0.4) is 0 Å². The van der Waals surface area contributed by atoms with E-state index in [1.54, 1.807) is 6.08 Å². The van der Waals surface area contributed by atoms with Crippen LogP contribution in [0.5, 0.6) is 0 Å². The highest BCUT2D eigenvalue weighted by Crippen LogP contribution is 1.98. The summed E-state index contributed by atoms with van der Waals surface area (Å²) < 4.78 is 0. The number of nitrogens with zero attached hydrogens (tertiary/aromatic N) is 1. The molecule has 0 aromatic rings. The molecule has 2 N–H and O–H groups in total. The number of aliphatic imine (C=N–C) groups is 1. The van der Waals surface area contributed by atoms with Crippen molar-refractivity contribution in [2.75, 3.05) is 0 Å². The van der Waals surface area contributed by atoms with Gasteiger partial charge >= 0.3 is 0 Å². The third-order valence-electron chi connectivity index (χ3n) is 1.21. The number of rotatable bonds is 2. The van der Waals surface area contributed by atoms with E-state index in [1.165, 1.54) is 0 Å². The normalized spacial score (nSPS) is 14.5.